The first kappa shape index (κ1) is 46.6. The lowest BCUT2D eigenvalue weighted by Gasteiger charge is -2.38. The highest BCUT2D eigenvalue weighted by Crippen LogP contribution is 2.52. The Labute approximate surface area is 374 Å². The molecule has 18 heteroatoms. The fourth-order valence-electron chi connectivity index (χ4n) is 10.0. The molecule has 1 N–H and O–H groups in total. The molecule has 0 saturated carbocycles. The summed E-state index contributed by atoms with van der Waals surface area (Å²) < 4.78 is 95.9. The van der Waals surface area contributed by atoms with Gasteiger partial charge < -0.3 is 19.1 Å². The molecule has 0 aliphatic carbocycles. The Hall–Kier alpha value is -4.42. The predicted octanol–water partition coefficient (Wildman–Crippen LogP) is 11.7. The molecular weight excluding hydrogens is 879 g/mol. The van der Waals surface area contributed by atoms with Crippen LogP contribution in [-0.4, -0.2) is 91.7 Å². The SMILES string of the molecule is CC(C)[Si](C#C[C@H]1COc2c(Cl)c(-c3ccc(F)c4sc(NC(=O)OC(C)(C)C)c(C#N)c34)c(F)c3nc(OC[C@@]45CCCN4C[C@H](F)C5)nc(c23)N1CC(F)F)(C(C)C)C(C)C. The molecule has 7 rings (SSSR count). The average molecular weight is 932 g/mol. The van der Waals surface area contributed by atoms with Crippen LogP contribution < -0.4 is 19.7 Å². The first-order valence-corrected chi connectivity index (χ1v) is 24.6. The molecule has 1 amide bonds. The number of rotatable bonds is 10. The van der Waals surface area contributed by atoms with Crippen molar-refractivity contribution in [1.29, 1.82) is 5.26 Å². The molecule has 3 aliphatic rings. The molecule has 2 fully saturated rings. The first-order chi connectivity index (χ1) is 29.6. The normalized spacial score (nSPS) is 20.3. The molecule has 0 bridgehead atoms. The van der Waals surface area contributed by atoms with Gasteiger partial charge in [0, 0.05) is 23.9 Å². The van der Waals surface area contributed by atoms with Crippen LogP contribution in [0.3, 0.4) is 0 Å². The van der Waals surface area contributed by atoms with Crippen LogP contribution in [0.1, 0.15) is 87.1 Å². The van der Waals surface area contributed by atoms with Gasteiger partial charge in [-0.15, -0.1) is 16.9 Å². The van der Waals surface area contributed by atoms with Gasteiger partial charge in [0.15, 0.2) is 11.6 Å². The molecule has 5 heterocycles. The maximum absolute atomic E-state index is 17.8. The van der Waals surface area contributed by atoms with E-state index in [9.17, 15) is 23.2 Å². The van der Waals surface area contributed by atoms with Crippen molar-refractivity contribution in [3.63, 3.8) is 0 Å². The van der Waals surface area contributed by atoms with E-state index in [2.05, 4.69) is 68.3 Å². The molecule has 2 saturated heterocycles. The standard InChI is InChI=1S/C45H52ClF5N6O4SSi/c1-23(2)63(24(3)4,25(5)6)16-13-27-21-59-38-34-37(53-42(54-40(34)57(27)20-31(49)50)60-22-45-14-10-15-56(45)19-26(47)17-45)36(51)33(35(38)46)28-11-12-30(48)39-32(28)29(18-52)41(62-39)55-43(58)61-44(7,8)9/h11-12,23-27,31H,10,14-15,17,19-22H2,1-9H3,(H,55,58)/t26-,27+,45+/m1/s1. The molecule has 4 aromatic rings. The number of hydrogen-bond acceptors (Lipinski definition) is 10. The van der Waals surface area contributed by atoms with Gasteiger partial charge in [-0.25, -0.2) is 26.7 Å². The number of aromatic nitrogens is 2. The van der Waals surface area contributed by atoms with Crippen molar-refractivity contribution >= 4 is 68.9 Å². The molecule has 63 heavy (non-hydrogen) atoms. The zero-order valence-corrected chi connectivity index (χ0v) is 39.4. The highest BCUT2D eigenvalue weighted by molar-refractivity contribution is 7.23. The van der Waals surface area contributed by atoms with Crippen LogP contribution in [0.4, 0.5) is 37.6 Å². The minimum absolute atomic E-state index is 0.0321. The molecule has 3 atom stereocenters. The Morgan fingerprint density at radius 2 is 1.83 bits per heavy atom. The number of thiophene rings is 1. The number of carbonyl (C=O) groups excluding carboxylic acids is 1. The number of anilines is 2. The second-order valence-electron chi connectivity index (χ2n) is 18.6. The molecule has 3 aliphatic heterocycles. The minimum atomic E-state index is -2.89. The van der Waals surface area contributed by atoms with Crippen LogP contribution in [0.25, 0.3) is 32.1 Å². The van der Waals surface area contributed by atoms with E-state index in [1.54, 1.807) is 20.8 Å². The zero-order chi connectivity index (χ0) is 45.9. The third-order valence-corrected chi connectivity index (χ3v) is 20.4. The molecular formula is C45H52ClF5N6O4SSi. The van der Waals surface area contributed by atoms with Crippen molar-refractivity contribution in [3.05, 3.63) is 34.4 Å². The number of carbonyl (C=O) groups is 1. The lowest BCUT2D eigenvalue weighted by atomic mass is 9.95. The average Bonchev–Trinajstić information content (AvgIpc) is 3.81. The largest absolute Gasteiger partial charge is 0.488 e. The van der Waals surface area contributed by atoms with E-state index in [-0.39, 0.29) is 103 Å². The number of nitrogens with one attached hydrogen (secondary N) is 1. The van der Waals surface area contributed by atoms with Gasteiger partial charge in [0.1, 0.15) is 67.3 Å². The van der Waals surface area contributed by atoms with E-state index in [0.29, 0.717) is 13.0 Å². The summed E-state index contributed by atoms with van der Waals surface area (Å²) in [6.07, 6.45) is -3.17. The number of halogens is 6. The van der Waals surface area contributed by atoms with Crippen LogP contribution in [-0.2, 0) is 4.74 Å². The maximum Gasteiger partial charge on any atom is 0.412 e. The molecule has 0 spiro atoms. The van der Waals surface area contributed by atoms with Crippen molar-refractivity contribution in [3.8, 4) is 40.4 Å². The zero-order valence-electron chi connectivity index (χ0n) is 36.8. The topological polar surface area (TPSA) is 113 Å². The van der Waals surface area contributed by atoms with Gasteiger partial charge in [0.25, 0.3) is 6.43 Å². The molecule has 2 aromatic heterocycles. The number of alkyl halides is 3. The van der Waals surface area contributed by atoms with E-state index in [1.807, 2.05) is 11.0 Å². The van der Waals surface area contributed by atoms with Crippen LogP contribution in [0.2, 0.25) is 21.6 Å². The van der Waals surface area contributed by atoms with E-state index >= 15 is 8.78 Å². The quantitative estimate of drug-likeness (QED) is 0.0943. The van der Waals surface area contributed by atoms with Crippen molar-refractivity contribution in [1.82, 2.24) is 14.9 Å². The third-order valence-electron chi connectivity index (χ3n) is 12.6. The van der Waals surface area contributed by atoms with Gasteiger partial charge >= 0.3 is 12.1 Å². The lowest BCUT2D eigenvalue weighted by molar-refractivity contribution is 0.0636. The van der Waals surface area contributed by atoms with Crippen molar-refractivity contribution in [2.45, 2.75) is 128 Å². The highest BCUT2D eigenvalue weighted by Gasteiger charge is 2.50. The first-order valence-electron chi connectivity index (χ1n) is 21.2. The van der Waals surface area contributed by atoms with Crippen LogP contribution in [0, 0.1) is 34.4 Å². The Kier molecular flexibility index (Phi) is 12.9. The molecule has 2 aromatic carbocycles. The fourth-order valence-corrected chi connectivity index (χ4v) is 16.7. The van der Waals surface area contributed by atoms with E-state index < -0.39 is 67.6 Å². The van der Waals surface area contributed by atoms with Crippen LogP contribution in [0.5, 0.6) is 11.8 Å². The van der Waals surface area contributed by atoms with E-state index in [0.717, 1.165) is 23.8 Å². The van der Waals surface area contributed by atoms with Crippen LogP contribution >= 0.6 is 22.9 Å². The summed E-state index contributed by atoms with van der Waals surface area (Å²) in [7, 11) is -2.43. The maximum atomic E-state index is 17.8. The van der Waals surface area contributed by atoms with E-state index in [1.165, 1.54) is 11.0 Å². The summed E-state index contributed by atoms with van der Waals surface area (Å²) in [5.41, 5.74) is 1.77. The Morgan fingerprint density at radius 3 is 2.46 bits per heavy atom. The highest BCUT2D eigenvalue weighted by atomic mass is 35.5. The number of benzene rings is 2. The second-order valence-corrected chi connectivity index (χ2v) is 25.6. The Balaban J connectivity index is 1.47. The van der Waals surface area contributed by atoms with E-state index in [4.69, 9.17) is 25.8 Å². The van der Waals surface area contributed by atoms with Gasteiger partial charge in [0.05, 0.1) is 32.8 Å². The minimum Gasteiger partial charge on any atom is -0.488 e. The number of ether oxygens (including phenoxy) is 3. The number of amides is 1. The van der Waals surface area contributed by atoms with Crippen molar-refractivity contribution in [2.75, 3.05) is 43.1 Å². The van der Waals surface area contributed by atoms with Gasteiger partial charge in [-0.3, -0.25) is 10.2 Å². The second kappa shape index (κ2) is 17.5. The summed E-state index contributed by atoms with van der Waals surface area (Å²) in [6.45, 7) is 17.5. The summed E-state index contributed by atoms with van der Waals surface area (Å²) in [5, 5.41) is 12.5. The monoisotopic (exact) mass is 930 g/mol. The molecule has 338 valence electrons. The fraction of sp³-hybridized carbons (Fsp3) is 0.556. The Bertz CT molecular complexity index is 2530. The van der Waals surface area contributed by atoms with Gasteiger partial charge in [0.2, 0.25) is 0 Å². The summed E-state index contributed by atoms with van der Waals surface area (Å²) in [4.78, 5) is 25.4. The lowest BCUT2D eigenvalue weighted by Crippen LogP contribution is -2.45. The van der Waals surface area contributed by atoms with Gasteiger partial charge in [-0.1, -0.05) is 65.1 Å². The van der Waals surface area contributed by atoms with Gasteiger partial charge in [-0.05, 0) is 68.4 Å². The number of hydrogen-bond donors (Lipinski definition) is 1. The third kappa shape index (κ3) is 8.51. The van der Waals surface area contributed by atoms with Crippen molar-refractivity contribution in [2.24, 2.45) is 0 Å². The Morgan fingerprint density at radius 1 is 1.13 bits per heavy atom. The van der Waals surface area contributed by atoms with Gasteiger partial charge in [-0.2, -0.15) is 15.2 Å². The molecule has 0 radical (unpaired) electrons. The van der Waals surface area contributed by atoms with Crippen molar-refractivity contribution < 1.29 is 41.0 Å². The number of nitriles is 1. The number of nitrogens with zero attached hydrogens (tertiary/aromatic N) is 5. The predicted molar refractivity (Wildman–Crippen MR) is 240 cm³/mol. The molecule has 0 unspecified atom stereocenters. The summed E-state index contributed by atoms with van der Waals surface area (Å²) in [6, 6.07) is 3.00. The summed E-state index contributed by atoms with van der Waals surface area (Å²) in [5.74, 6) is 1.25. The summed E-state index contributed by atoms with van der Waals surface area (Å²) >= 11 is 7.95. The van der Waals surface area contributed by atoms with Crippen LogP contribution in [0.15, 0.2) is 12.1 Å². The number of fused-ring (bicyclic) bond motifs is 2. The smallest absolute Gasteiger partial charge is 0.412 e. The molecule has 10 nitrogen and oxygen atoms in total.